The Morgan fingerprint density at radius 3 is 2.68 bits per heavy atom. The standard InChI is InChI=1S/C12H16N4O3/c1-17-9-4-3-8(7-10(9)18-2)14-12-16-15-11(19-12)5-6-13/h3-4,7H,5-6,13H2,1-2H3,(H,14,16). The van der Waals surface area contributed by atoms with Crippen LogP contribution in [0.1, 0.15) is 5.89 Å². The van der Waals surface area contributed by atoms with Gasteiger partial charge in [0.25, 0.3) is 0 Å². The first-order chi connectivity index (χ1) is 9.26. The molecule has 0 radical (unpaired) electrons. The van der Waals surface area contributed by atoms with Gasteiger partial charge in [0.2, 0.25) is 5.89 Å². The molecule has 0 bridgehead atoms. The molecule has 0 unspecified atom stereocenters. The molecular weight excluding hydrogens is 248 g/mol. The van der Waals surface area contributed by atoms with Crippen LogP contribution in [0.3, 0.4) is 0 Å². The number of anilines is 2. The molecule has 0 spiro atoms. The third-order valence-electron chi connectivity index (χ3n) is 2.46. The molecule has 1 aromatic carbocycles. The second-order valence-electron chi connectivity index (χ2n) is 3.73. The summed E-state index contributed by atoms with van der Waals surface area (Å²) in [5.74, 6) is 1.78. The number of rotatable bonds is 6. The van der Waals surface area contributed by atoms with Crippen LogP contribution in [-0.4, -0.2) is 31.0 Å². The van der Waals surface area contributed by atoms with Crippen molar-refractivity contribution < 1.29 is 13.9 Å². The fourth-order valence-electron chi connectivity index (χ4n) is 1.57. The van der Waals surface area contributed by atoms with E-state index in [1.807, 2.05) is 6.07 Å². The van der Waals surface area contributed by atoms with Crippen LogP contribution in [0.5, 0.6) is 11.5 Å². The number of ether oxygens (including phenoxy) is 2. The average molecular weight is 264 g/mol. The zero-order valence-corrected chi connectivity index (χ0v) is 10.8. The molecule has 0 aliphatic heterocycles. The minimum absolute atomic E-state index is 0.315. The maximum Gasteiger partial charge on any atom is 0.320 e. The summed E-state index contributed by atoms with van der Waals surface area (Å²) in [5, 5.41) is 10.7. The van der Waals surface area contributed by atoms with Gasteiger partial charge in [-0.25, -0.2) is 0 Å². The Morgan fingerprint density at radius 1 is 1.21 bits per heavy atom. The summed E-state index contributed by atoms with van der Waals surface area (Å²) in [7, 11) is 3.16. The van der Waals surface area contributed by atoms with Gasteiger partial charge in [0.1, 0.15) is 0 Å². The topological polar surface area (TPSA) is 95.4 Å². The van der Waals surface area contributed by atoms with Gasteiger partial charge in [0.15, 0.2) is 11.5 Å². The number of nitrogens with one attached hydrogen (secondary N) is 1. The first-order valence-corrected chi connectivity index (χ1v) is 5.78. The number of nitrogens with zero attached hydrogens (tertiary/aromatic N) is 2. The Hall–Kier alpha value is -2.28. The Bertz CT molecular complexity index is 542. The molecule has 102 valence electrons. The quantitative estimate of drug-likeness (QED) is 0.812. The molecule has 0 saturated carbocycles. The highest BCUT2D eigenvalue weighted by Gasteiger charge is 2.08. The highest BCUT2D eigenvalue weighted by Crippen LogP contribution is 2.30. The summed E-state index contributed by atoms with van der Waals surface area (Å²) in [6.07, 6.45) is 0.556. The molecule has 0 saturated heterocycles. The molecule has 0 aliphatic rings. The van der Waals surface area contributed by atoms with Crippen LogP contribution in [0.2, 0.25) is 0 Å². The Morgan fingerprint density at radius 2 is 2.00 bits per heavy atom. The van der Waals surface area contributed by atoms with Crippen LogP contribution < -0.4 is 20.5 Å². The predicted molar refractivity (Wildman–Crippen MR) is 69.9 cm³/mol. The SMILES string of the molecule is COc1ccc(Nc2nnc(CCN)o2)cc1OC. The summed E-state index contributed by atoms with van der Waals surface area (Å²) in [6.45, 7) is 0.470. The van der Waals surface area contributed by atoms with Crippen LogP contribution in [0.15, 0.2) is 22.6 Å². The summed E-state index contributed by atoms with van der Waals surface area (Å²) in [6, 6.07) is 5.72. The molecule has 0 atom stereocenters. The van der Waals surface area contributed by atoms with Crippen LogP contribution in [0.25, 0.3) is 0 Å². The number of aromatic nitrogens is 2. The molecule has 7 heteroatoms. The van der Waals surface area contributed by atoms with E-state index in [0.717, 1.165) is 5.69 Å². The zero-order chi connectivity index (χ0) is 13.7. The summed E-state index contributed by atoms with van der Waals surface area (Å²) >= 11 is 0. The van der Waals surface area contributed by atoms with Crippen molar-refractivity contribution in [3.8, 4) is 11.5 Å². The van der Waals surface area contributed by atoms with E-state index in [1.54, 1.807) is 26.4 Å². The van der Waals surface area contributed by atoms with Crippen molar-refractivity contribution in [2.24, 2.45) is 5.73 Å². The smallest absolute Gasteiger partial charge is 0.320 e. The fourth-order valence-corrected chi connectivity index (χ4v) is 1.57. The second kappa shape index (κ2) is 6.05. The summed E-state index contributed by atoms with van der Waals surface area (Å²) < 4.78 is 15.7. The monoisotopic (exact) mass is 264 g/mol. The molecule has 0 aliphatic carbocycles. The zero-order valence-electron chi connectivity index (χ0n) is 10.8. The Labute approximate surface area is 110 Å². The molecule has 7 nitrogen and oxygen atoms in total. The van der Waals surface area contributed by atoms with Crippen LogP contribution in [0.4, 0.5) is 11.7 Å². The third-order valence-corrected chi connectivity index (χ3v) is 2.46. The Balaban J connectivity index is 2.13. The van der Waals surface area contributed by atoms with Gasteiger partial charge in [0.05, 0.1) is 14.2 Å². The molecule has 1 aromatic heterocycles. The molecule has 19 heavy (non-hydrogen) atoms. The van der Waals surface area contributed by atoms with Gasteiger partial charge in [-0.1, -0.05) is 5.10 Å². The minimum atomic E-state index is 0.315. The highest BCUT2D eigenvalue weighted by atomic mass is 16.5. The van der Waals surface area contributed by atoms with Crippen molar-refractivity contribution in [1.29, 1.82) is 0 Å². The average Bonchev–Trinajstić information content (AvgIpc) is 2.86. The number of hydrogen-bond donors (Lipinski definition) is 2. The van der Waals surface area contributed by atoms with E-state index >= 15 is 0 Å². The van der Waals surface area contributed by atoms with Crippen molar-refractivity contribution in [3.63, 3.8) is 0 Å². The van der Waals surface area contributed by atoms with Crippen molar-refractivity contribution in [2.45, 2.75) is 6.42 Å². The first kappa shape index (κ1) is 13.2. The van der Waals surface area contributed by atoms with E-state index in [0.29, 0.717) is 36.4 Å². The summed E-state index contributed by atoms with van der Waals surface area (Å²) in [5.41, 5.74) is 6.18. The number of methoxy groups -OCH3 is 2. The van der Waals surface area contributed by atoms with Crippen molar-refractivity contribution in [1.82, 2.24) is 10.2 Å². The van der Waals surface area contributed by atoms with Crippen molar-refractivity contribution in [3.05, 3.63) is 24.1 Å². The third kappa shape index (κ3) is 3.14. The lowest BCUT2D eigenvalue weighted by molar-refractivity contribution is 0.355. The van der Waals surface area contributed by atoms with E-state index in [4.69, 9.17) is 19.6 Å². The Kier molecular flexibility index (Phi) is 4.19. The molecule has 2 aromatic rings. The van der Waals surface area contributed by atoms with E-state index in [-0.39, 0.29) is 0 Å². The van der Waals surface area contributed by atoms with Crippen LogP contribution >= 0.6 is 0 Å². The van der Waals surface area contributed by atoms with Gasteiger partial charge in [0, 0.05) is 24.7 Å². The maximum absolute atomic E-state index is 5.41. The van der Waals surface area contributed by atoms with Crippen molar-refractivity contribution >= 4 is 11.7 Å². The lowest BCUT2D eigenvalue weighted by atomic mass is 10.3. The maximum atomic E-state index is 5.41. The summed E-state index contributed by atoms with van der Waals surface area (Å²) in [4.78, 5) is 0. The van der Waals surface area contributed by atoms with E-state index in [1.165, 1.54) is 0 Å². The van der Waals surface area contributed by atoms with Gasteiger partial charge < -0.3 is 24.9 Å². The first-order valence-electron chi connectivity index (χ1n) is 5.78. The largest absolute Gasteiger partial charge is 0.493 e. The second-order valence-corrected chi connectivity index (χ2v) is 3.73. The highest BCUT2D eigenvalue weighted by molar-refractivity contribution is 5.58. The van der Waals surface area contributed by atoms with Gasteiger partial charge in [-0.3, -0.25) is 0 Å². The van der Waals surface area contributed by atoms with Crippen molar-refractivity contribution in [2.75, 3.05) is 26.1 Å². The lowest BCUT2D eigenvalue weighted by Gasteiger charge is -2.09. The molecule has 1 heterocycles. The molecule has 2 rings (SSSR count). The molecule has 3 N–H and O–H groups in total. The normalized spacial score (nSPS) is 10.3. The minimum Gasteiger partial charge on any atom is -0.493 e. The number of hydrogen-bond acceptors (Lipinski definition) is 7. The van der Waals surface area contributed by atoms with Gasteiger partial charge in [-0.05, 0) is 12.1 Å². The van der Waals surface area contributed by atoms with E-state index in [2.05, 4.69) is 15.5 Å². The number of nitrogens with two attached hydrogens (primary N) is 1. The van der Waals surface area contributed by atoms with Gasteiger partial charge >= 0.3 is 6.01 Å². The predicted octanol–water partition coefficient (Wildman–Crippen LogP) is 1.33. The molecule has 0 amide bonds. The molecular formula is C12H16N4O3. The number of benzene rings is 1. The van der Waals surface area contributed by atoms with Gasteiger partial charge in [-0.15, -0.1) is 5.10 Å². The van der Waals surface area contributed by atoms with Gasteiger partial charge in [-0.2, -0.15) is 0 Å². The van der Waals surface area contributed by atoms with E-state index < -0.39 is 0 Å². The molecule has 0 fully saturated rings. The van der Waals surface area contributed by atoms with E-state index in [9.17, 15) is 0 Å². The fraction of sp³-hybridized carbons (Fsp3) is 0.333. The lowest BCUT2D eigenvalue weighted by Crippen LogP contribution is -2.02. The van der Waals surface area contributed by atoms with Crippen LogP contribution in [-0.2, 0) is 6.42 Å². The van der Waals surface area contributed by atoms with Crippen LogP contribution in [0, 0.1) is 0 Å².